The van der Waals surface area contributed by atoms with Gasteiger partial charge in [-0.05, 0) is 31.1 Å². The van der Waals surface area contributed by atoms with Crippen LogP contribution in [0.15, 0.2) is 0 Å². The van der Waals surface area contributed by atoms with E-state index in [0.717, 1.165) is 24.7 Å². The second-order valence-corrected chi connectivity index (χ2v) is 6.49. The molecule has 2 atom stereocenters. The molecule has 1 aliphatic carbocycles. The summed E-state index contributed by atoms with van der Waals surface area (Å²) in [5, 5.41) is 0. The van der Waals surface area contributed by atoms with Crippen LogP contribution in [0.3, 0.4) is 0 Å². The Kier molecular flexibility index (Phi) is 6.73. The van der Waals surface area contributed by atoms with Crippen LogP contribution in [0.25, 0.3) is 0 Å². The van der Waals surface area contributed by atoms with Crippen LogP contribution in [-0.4, -0.2) is 12.6 Å². The van der Waals surface area contributed by atoms with Gasteiger partial charge in [0.15, 0.2) is 0 Å². The molecule has 2 unspecified atom stereocenters. The van der Waals surface area contributed by atoms with E-state index in [1.165, 1.54) is 64.2 Å². The summed E-state index contributed by atoms with van der Waals surface area (Å²) in [5.41, 5.74) is 0. The Labute approximate surface area is 118 Å². The van der Waals surface area contributed by atoms with Crippen LogP contribution in [0.1, 0.15) is 83.5 Å². The molecule has 2 heteroatoms. The number of rotatable bonds is 0. The van der Waals surface area contributed by atoms with Gasteiger partial charge in [0.05, 0.1) is 6.61 Å². The van der Waals surface area contributed by atoms with Gasteiger partial charge >= 0.3 is 5.97 Å². The fourth-order valence-corrected chi connectivity index (χ4v) is 3.34. The van der Waals surface area contributed by atoms with Crippen LogP contribution in [0.2, 0.25) is 0 Å². The van der Waals surface area contributed by atoms with Gasteiger partial charge in [-0.3, -0.25) is 4.79 Å². The van der Waals surface area contributed by atoms with E-state index in [-0.39, 0.29) is 5.97 Å². The van der Waals surface area contributed by atoms with Crippen molar-refractivity contribution >= 4 is 5.97 Å². The molecule has 2 nitrogen and oxygen atoms in total. The Bertz CT molecular complexity index is 262. The van der Waals surface area contributed by atoms with Crippen molar-refractivity contribution in [1.82, 2.24) is 0 Å². The minimum atomic E-state index is 0.0200. The molecular formula is C17H30O2. The van der Waals surface area contributed by atoms with Crippen LogP contribution >= 0.6 is 0 Å². The summed E-state index contributed by atoms with van der Waals surface area (Å²) in [5.74, 6) is 2.15. The molecule has 2 fully saturated rings. The maximum atomic E-state index is 11.5. The van der Waals surface area contributed by atoms with Crippen LogP contribution in [0.4, 0.5) is 0 Å². The molecule has 2 aliphatic rings. The zero-order valence-electron chi connectivity index (χ0n) is 12.4. The van der Waals surface area contributed by atoms with Crippen molar-refractivity contribution in [3.8, 4) is 0 Å². The lowest BCUT2D eigenvalue weighted by Crippen LogP contribution is -2.05. The third-order valence-electron chi connectivity index (χ3n) is 4.76. The zero-order valence-corrected chi connectivity index (χ0v) is 12.4. The topological polar surface area (TPSA) is 26.3 Å². The maximum absolute atomic E-state index is 11.5. The third kappa shape index (κ3) is 6.44. The second kappa shape index (κ2) is 8.60. The molecule has 0 aromatic rings. The first-order valence-electron chi connectivity index (χ1n) is 8.52. The Balaban J connectivity index is 1.63. The summed E-state index contributed by atoms with van der Waals surface area (Å²) in [6.45, 7) is 0.642. The second-order valence-electron chi connectivity index (χ2n) is 6.49. The highest BCUT2D eigenvalue weighted by atomic mass is 16.5. The van der Waals surface area contributed by atoms with Crippen LogP contribution in [0.5, 0.6) is 0 Å². The minimum Gasteiger partial charge on any atom is -0.466 e. The lowest BCUT2D eigenvalue weighted by molar-refractivity contribution is -0.143. The monoisotopic (exact) mass is 266 g/mol. The SMILES string of the molecule is O=C1CCCCCCC2CC2CCCCCCCO1. The van der Waals surface area contributed by atoms with Crippen molar-refractivity contribution in [3.63, 3.8) is 0 Å². The zero-order chi connectivity index (χ0) is 13.3. The molecule has 0 bridgehead atoms. The van der Waals surface area contributed by atoms with Crippen molar-refractivity contribution in [2.45, 2.75) is 83.5 Å². The smallest absolute Gasteiger partial charge is 0.305 e. The van der Waals surface area contributed by atoms with Gasteiger partial charge in [-0.15, -0.1) is 0 Å². The summed E-state index contributed by atoms with van der Waals surface area (Å²) in [7, 11) is 0. The lowest BCUT2D eigenvalue weighted by atomic mass is 10.0. The average Bonchev–Trinajstić information content (AvgIpc) is 3.14. The van der Waals surface area contributed by atoms with Crippen molar-refractivity contribution in [3.05, 3.63) is 0 Å². The van der Waals surface area contributed by atoms with Crippen molar-refractivity contribution in [1.29, 1.82) is 0 Å². The van der Waals surface area contributed by atoms with E-state index in [1.807, 2.05) is 0 Å². The molecule has 0 aromatic carbocycles. The number of hydrogen-bond donors (Lipinski definition) is 0. The van der Waals surface area contributed by atoms with Gasteiger partial charge in [-0.2, -0.15) is 0 Å². The Morgan fingerprint density at radius 3 is 2.05 bits per heavy atom. The summed E-state index contributed by atoms with van der Waals surface area (Å²) in [6, 6.07) is 0. The first-order valence-corrected chi connectivity index (χ1v) is 8.52. The van der Waals surface area contributed by atoms with Gasteiger partial charge in [0.25, 0.3) is 0 Å². The Hall–Kier alpha value is -0.530. The van der Waals surface area contributed by atoms with Crippen molar-refractivity contribution < 1.29 is 9.53 Å². The van der Waals surface area contributed by atoms with Crippen LogP contribution < -0.4 is 0 Å². The highest BCUT2D eigenvalue weighted by molar-refractivity contribution is 5.69. The number of esters is 1. The van der Waals surface area contributed by atoms with Gasteiger partial charge in [0.1, 0.15) is 0 Å². The molecular weight excluding hydrogens is 236 g/mol. The summed E-state index contributed by atoms with van der Waals surface area (Å²) in [4.78, 5) is 11.5. The molecule has 0 spiro atoms. The molecule has 0 amide bonds. The molecule has 1 heterocycles. The highest BCUT2D eigenvalue weighted by Gasteiger charge is 2.34. The quantitative estimate of drug-likeness (QED) is 0.585. The Morgan fingerprint density at radius 2 is 1.32 bits per heavy atom. The highest BCUT2D eigenvalue weighted by Crippen LogP contribution is 2.45. The Morgan fingerprint density at radius 1 is 0.737 bits per heavy atom. The van der Waals surface area contributed by atoms with Crippen LogP contribution in [-0.2, 0) is 9.53 Å². The van der Waals surface area contributed by atoms with Crippen molar-refractivity contribution in [2.24, 2.45) is 11.8 Å². The van der Waals surface area contributed by atoms with Gasteiger partial charge in [0.2, 0.25) is 0 Å². The number of hydrogen-bond acceptors (Lipinski definition) is 2. The summed E-state index contributed by atoms with van der Waals surface area (Å²) in [6.07, 6.45) is 16.3. The molecule has 0 N–H and O–H groups in total. The van der Waals surface area contributed by atoms with E-state index in [4.69, 9.17) is 4.74 Å². The molecule has 19 heavy (non-hydrogen) atoms. The van der Waals surface area contributed by atoms with Gasteiger partial charge in [-0.1, -0.05) is 57.8 Å². The molecule has 0 radical (unpaired) electrons. The number of ether oxygens (including phenoxy) is 1. The van der Waals surface area contributed by atoms with E-state index >= 15 is 0 Å². The van der Waals surface area contributed by atoms with Crippen LogP contribution in [0, 0.1) is 11.8 Å². The molecule has 2 rings (SSSR count). The number of cyclic esters (lactones) is 1. The first-order chi connectivity index (χ1) is 9.36. The molecule has 0 aromatic heterocycles. The number of carbonyl (C=O) groups excluding carboxylic acids is 1. The summed E-state index contributed by atoms with van der Waals surface area (Å²) >= 11 is 0. The fourth-order valence-electron chi connectivity index (χ4n) is 3.34. The molecule has 1 saturated carbocycles. The van der Waals surface area contributed by atoms with E-state index in [1.54, 1.807) is 0 Å². The van der Waals surface area contributed by atoms with E-state index in [0.29, 0.717) is 13.0 Å². The van der Waals surface area contributed by atoms with E-state index in [9.17, 15) is 4.79 Å². The van der Waals surface area contributed by atoms with E-state index in [2.05, 4.69) is 0 Å². The standard InChI is InChI=1S/C17H30O2/c18-17-12-8-4-3-7-11-16-14-15(16)10-6-2-1-5-9-13-19-17/h15-16H,1-14H2. The fraction of sp³-hybridized carbons (Fsp3) is 0.941. The van der Waals surface area contributed by atoms with Gasteiger partial charge < -0.3 is 4.74 Å². The van der Waals surface area contributed by atoms with E-state index < -0.39 is 0 Å². The van der Waals surface area contributed by atoms with Gasteiger partial charge in [-0.25, -0.2) is 0 Å². The maximum Gasteiger partial charge on any atom is 0.305 e. The minimum absolute atomic E-state index is 0.0200. The lowest BCUT2D eigenvalue weighted by Gasteiger charge is -2.04. The van der Waals surface area contributed by atoms with Gasteiger partial charge in [0, 0.05) is 6.42 Å². The van der Waals surface area contributed by atoms with Crippen molar-refractivity contribution in [2.75, 3.05) is 6.61 Å². The predicted molar refractivity (Wildman–Crippen MR) is 78.0 cm³/mol. The number of fused-ring (bicyclic) bond motifs is 1. The molecule has 1 aliphatic heterocycles. The number of carbonyl (C=O) groups is 1. The molecule has 110 valence electrons. The largest absolute Gasteiger partial charge is 0.466 e. The summed E-state index contributed by atoms with van der Waals surface area (Å²) < 4.78 is 5.25. The average molecular weight is 266 g/mol. The first kappa shape index (κ1) is 14.9. The molecule has 1 saturated heterocycles. The third-order valence-corrected chi connectivity index (χ3v) is 4.76. The normalized spacial score (nSPS) is 31.9. The predicted octanol–water partition coefficient (Wildman–Crippen LogP) is 4.86.